The summed E-state index contributed by atoms with van der Waals surface area (Å²) in [5.41, 5.74) is 3.75. The third-order valence-electron chi connectivity index (χ3n) is 5.34. The lowest BCUT2D eigenvalue weighted by atomic mass is 10.1. The molecule has 5 nitrogen and oxygen atoms in total. The molecule has 0 unspecified atom stereocenters. The molecule has 2 heterocycles. The first-order valence-corrected chi connectivity index (χ1v) is 10.6. The third kappa shape index (κ3) is 5.67. The van der Waals surface area contributed by atoms with E-state index in [1.807, 2.05) is 18.3 Å². The van der Waals surface area contributed by atoms with Crippen molar-refractivity contribution in [1.29, 1.82) is 0 Å². The van der Waals surface area contributed by atoms with Crippen molar-refractivity contribution in [2.24, 2.45) is 0 Å². The molecule has 1 saturated heterocycles. The second-order valence-corrected chi connectivity index (χ2v) is 7.68. The van der Waals surface area contributed by atoms with Crippen LogP contribution in [0, 0.1) is 6.92 Å². The molecular weight excluding hydrogens is 370 g/mol. The van der Waals surface area contributed by atoms with Crippen LogP contribution in [0.5, 0.6) is 0 Å². The molecule has 0 saturated carbocycles. The van der Waals surface area contributed by atoms with Gasteiger partial charge in [-0.1, -0.05) is 72.3 Å². The van der Waals surface area contributed by atoms with Crippen LogP contribution in [0.1, 0.15) is 16.7 Å². The summed E-state index contributed by atoms with van der Waals surface area (Å²) >= 11 is 0. The fraction of sp³-hybridized carbons (Fsp3) is 0.280. The molecule has 0 bridgehead atoms. The summed E-state index contributed by atoms with van der Waals surface area (Å²) in [7, 11) is 0. The Hall–Kier alpha value is -3.18. The minimum Gasteiger partial charge on any atom is -0.354 e. The molecule has 4 rings (SSSR count). The van der Waals surface area contributed by atoms with Crippen LogP contribution in [-0.4, -0.2) is 47.6 Å². The Labute approximate surface area is 179 Å². The molecule has 5 heteroatoms. The van der Waals surface area contributed by atoms with Crippen LogP contribution in [0.3, 0.4) is 0 Å². The standard InChI is InChI=1S/C25H29N5/c1-21-7-5-10-23(19-21)20-27-25-26-13-12-24(28-25)30-17-15-29(16-18-30)14-6-11-22-8-3-2-4-9-22/h2-13,19H,14-18,20H2,1H3,(H,26,27,28)/b11-6+. The Bertz CT molecular complexity index is 962. The lowest BCUT2D eigenvalue weighted by Gasteiger charge is -2.34. The highest BCUT2D eigenvalue weighted by molar-refractivity contribution is 5.49. The number of anilines is 2. The van der Waals surface area contributed by atoms with E-state index in [1.54, 1.807) is 0 Å². The molecule has 3 aromatic rings. The third-order valence-corrected chi connectivity index (χ3v) is 5.34. The van der Waals surface area contributed by atoms with E-state index < -0.39 is 0 Å². The van der Waals surface area contributed by atoms with Gasteiger partial charge in [-0.25, -0.2) is 4.98 Å². The van der Waals surface area contributed by atoms with Crippen LogP contribution in [0.2, 0.25) is 0 Å². The summed E-state index contributed by atoms with van der Waals surface area (Å²) in [6, 6.07) is 21.0. The predicted octanol–water partition coefficient (Wildman–Crippen LogP) is 4.23. The van der Waals surface area contributed by atoms with Gasteiger partial charge in [0.2, 0.25) is 5.95 Å². The van der Waals surface area contributed by atoms with Gasteiger partial charge >= 0.3 is 0 Å². The maximum Gasteiger partial charge on any atom is 0.224 e. The Morgan fingerprint density at radius 1 is 0.967 bits per heavy atom. The smallest absolute Gasteiger partial charge is 0.224 e. The fourth-order valence-electron chi connectivity index (χ4n) is 3.68. The zero-order valence-corrected chi connectivity index (χ0v) is 17.5. The summed E-state index contributed by atoms with van der Waals surface area (Å²) < 4.78 is 0. The Morgan fingerprint density at radius 3 is 2.60 bits per heavy atom. The molecule has 0 radical (unpaired) electrons. The maximum absolute atomic E-state index is 4.73. The first kappa shape index (κ1) is 20.1. The largest absolute Gasteiger partial charge is 0.354 e. The molecule has 2 aromatic carbocycles. The van der Waals surface area contributed by atoms with Gasteiger partial charge in [0.05, 0.1) is 0 Å². The van der Waals surface area contributed by atoms with Gasteiger partial charge in [-0.3, -0.25) is 4.90 Å². The minimum absolute atomic E-state index is 0.683. The molecule has 30 heavy (non-hydrogen) atoms. The lowest BCUT2D eigenvalue weighted by molar-refractivity contribution is 0.283. The van der Waals surface area contributed by atoms with Crippen LogP contribution in [-0.2, 0) is 6.54 Å². The van der Waals surface area contributed by atoms with E-state index in [0.717, 1.165) is 45.1 Å². The highest BCUT2D eigenvalue weighted by atomic mass is 15.3. The molecule has 154 valence electrons. The van der Waals surface area contributed by atoms with Gasteiger partial charge in [0.15, 0.2) is 0 Å². The SMILES string of the molecule is Cc1cccc(CNc2nccc(N3CCN(C/C=C/c4ccccc4)CC3)n2)c1. The van der Waals surface area contributed by atoms with E-state index in [9.17, 15) is 0 Å². The van der Waals surface area contributed by atoms with Gasteiger partial charge in [0, 0.05) is 45.5 Å². The van der Waals surface area contributed by atoms with Gasteiger partial charge < -0.3 is 10.2 Å². The Kier molecular flexibility index (Phi) is 6.72. The highest BCUT2D eigenvalue weighted by Crippen LogP contribution is 2.15. The van der Waals surface area contributed by atoms with E-state index in [1.165, 1.54) is 16.7 Å². The summed E-state index contributed by atoms with van der Waals surface area (Å²) in [6.07, 6.45) is 6.29. The Morgan fingerprint density at radius 2 is 1.80 bits per heavy atom. The van der Waals surface area contributed by atoms with Crippen LogP contribution < -0.4 is 10.2 Å². The van der Waals surface area contributed by atoms with E-state index in [4.69, 9.17) is 4.98 Å². The molecule has 0 aliphatic carbocycles. The van der Waals surface area contributed by atoms with Crippen LogP contribution in [0.25, 0.3) is 6.08 Å². The Balaban J connectivity index is 1.27. The minimum atomic E-state index is 0.683. The second-order valence-electron chi connectivity index (χ2n) is 7.68. The van der Waals surface area contributed by atoms with Crippen molar-refractivity contribution < 1.29 is 0 Å². The number of piperazine rings is 1. The topological polar surface area (TPSA) is 44.3 Å². The molecule has 0 atom stereocenters. The van der Waals surface area contributed by atoms with Crippen LogP contribution >= 0.6 is 0 Å². The van der Waals surface area contributed by atoms with Crippen molar-refractivity contribution in [1.82, 2.24) is 14.9 Å². The molecule has 1 aliphatic heterocycles. The number of aryl methyl sites for hydroxylation is 1. The molecule has 0 amide bonds. The van der Waals surface area contributed by atoms with Gasteiger partial charge in [0.25, 0.3) is 0 Å². The van der Waals surface area contributed by atoms with Crippen LogP contribution in [0.15, 0.2) is 72.9 Å². The van der Waals surface area contributed by atoms with Crippen molar-refractivity contribution in [3.8, 4) is 0 Å². The zero-order chi connectivity index (χ0) is 20.6. The first-order chi connectivity index (χ1) is 14.8. The van der Waals surface area contributed by atoms with Crippen molar-refractivity contribution in [2.75, 3.05) is 42.9 Å². The van der Waals surface area contributed by atoms with E-state index in [2.05, 4.69) is 87.7 Å². The van der Waals surface area contributed by atoms with Crippen molar-refractivity contribution in [3.63, 3.8) is 0 Å². The number of rotatable bonds is 7. The number of hydrogen-bond acceptors (Lipinski definition) is 5. The maximum atomic E-state index is 4.73. The molecule has 1 N–H and O–H groups in total. The normalized spacial score (nSPS) is 14.9. The monoisotopic (exact) mass is 399 g/mol. The zero-order valence-electron chi connectivity index (χ0n) is 17.5. The number of hydrogen-bond donors (Lipinski definition) is 1. The average Bonchev–Trinajstić information content (AvgIpc) is 2.79. The second kappa shape index (κ2) is 10.0. The predicted molar refractivity (Wildman–Crippen MR) is 125 cm³/mol. The quantitative estimate of drug-likeness (QED) is 0.644. The van der Waals surface area contributed by atoms with Gasteiger partial charge in [-0.2, -0.15) is 4.98 Å². The number of benzene rings is 2. The van der Waals surface area contributed by atoms with E-state index >= 15 is 0 Å². The summed E-state index contributed by atoms with van der Waals surface area (Å²) in [5.74, 6) is 1.68. The molecule has 1 fully saturated rings. The number of nitrogens with one attached hydrogen (secondary N) is 1. The van der Waals surface area contributed by atoms with Gasteiger partial charge in [0.1, 0.15) is 5.82 Å². The van der Waals surface area contributed by atoms with Crippen LogP contribution in [0.4, 0.5) is 11.8 Å². The van der Waals surface area contributed by atoms with Crippen molar-refractivity contribution in [3.05, 3.63) is 89.6 Å². The fourth-order valence-corrected chi connectivity index (χ4v) is 3.68. The summed E-state index contributed by atoms with van der Waals surface area (Å²) in [5, 5.41) is 3.35. The van der Waals surface area contributed by atoms with Gasteiger partial charge in [-0.15, -0.1) is 0 Å². The van der Waals surface area contributed by atoms with Crippen molar-refractivity contribution in [2.45, 2.75) is 13.5 Å². The number of aromatic nitrogens is 2. The summed E-state index contributed by atoms with van der Waals surface area (Å²) in [4.78, 5) is 13.9. The first-order valence-electron chi connectivity index (χ1n) is 10.6. The summed E-state index contributed by atoms with van der Waals surface area (Å²) in [6.45, 7) is 7.85. The van der Waals surface area contributed by atoms with Crippen molar-refractivity contribution >= 4 is 17.8 Å². The molecule has 1 aliphatic rings. The number of nitrogens with zero attached hydrogens (tertiary/aromatic N) is 4. The lowest BCUT2D eigenvalue weighted by Crippen LogP contribution is -2.46. The average molecular weight is 400 g/mol. The van der Waals surface area contributed by atoms with Gasteiger partial charge in [-0.05, 0) is 24.1 Å². The highest BCUT2D eigenvalue weighted by Gasteiger charge is 2.17. The van der Waals surface area contributed by atoms with E-state index in [-0.39, 0.29) is 0 Å². The molecule has 0 spiro atoms. The molecule has 1 aromatic heterocycles. The molecular formula is C25H29N5. The van der Waals surface area contributed by atoms with E-state index in [0.29, 0.717) is 5.95 Å².